The van der Waals surface area contributed by atoms with Gasteiger partial charge in [-0.25, -0.2) is 13.8 Å². The van der Waals surface area contributed by atoms with Crippen LogP contribution in [0.2, 0.25) is 0 Å². The first kappa shape index (κ1) is 12.2. The summed E-state index contributed by atoms with van der Waals surface area (Å²) < 4.78 is 38.1. The summed E-state index contributed by atoms with van der Waals surface area (Å²) in [5.41, 5.74) is -1.17. The number of aromatic nitrogens is 1. The minimum absolute atomic E-state index is 0.0644. The van der Waals surface area contributed by atoms with Gasteiger partial charge in [0.05, 0.1) is 6.42 Å². The van der Waals surface area contributed by atoms with E-state index in [9.17, 15) is 18.0 Å². The third kappa shape index (κ3) is 3.05. The zero-order valence-electron chi connectivity index (χ0n) is 7.18. The summed E-state index contributed by atoms with van der Waals surface area (Å²) >= 11 is 1.58. The molecule has 0 amide bonds. The van der Waals surface area contributed by atoms with Crippen molar-refractivity contribution in [3.63, 3.8) is 0 Å². The van der Waals surface area contributed by atoms with Gasteiger partial charge in [0.25, 0.3) is 6.43 Å². The number of carboxylic acid groups (broad SMARTS) is 1. The molecule has 1 rings (SSSR count). The monoisotopic (exact) mass is 331 g/mol. The van der Waals surface area contributed by atoms with E-state index < -0.39 is 35.9 Å². The van der Waals surface area contributed by atoms with Crippen LogP contribution in [0.3, 0.4) is 0 Å². The van der Waals surface area contributed by atoms with Crippen molar-refractivity contribution in [2.75, 3.05) is 0 Å². The van der Waals surface area contributed by atoms with Crippen molar-refractivity contribution < 1.29 is 23.1 Å². The van der Waals surface area contributed by atoms with Gasteiger partial charge in [0.15, 0.2) is 0 Å². The maximum absolute atomic E-state index is 13.1. The minimum Gasteiger partial charge on any atom is -0.481 e. The second kappa shape index (κ2) is 4.77. The number of rotatable bonds is 3. The average molecular weight is 331 g/mol. The van der Waals surface area contributed by atoms with Crippen molar-refractivity contribution in [2.24, 2.45) is 0 Å². The first-order valence-electron chi connectivity index (χ1n) is 3.76. The van der Waals surface area contributed by atoms with E-state index in [4.69, 9.17) is 5.11 Å². The van der Waals surface area contributed by atoms with Crippen molar-refractivity contribution in [3.05, 3.63) is 26.8 Å². The van der Waals surface area contributed by atoms with E-state index in [1.165, 1.54) is 0 Å². The molecule has 0 atom stereocenters. The van der Waals surface area contributed by atoms with Gasteiger partial charge in [-0.05, 0) is 28.7 Å². The molecule has 82 valence electrons. The van der Waals surface area contributed by atoms with Crippen LogP contribution in [0.25, 0.3) is 0 Å². The first-order chi connectivity index (χ1) is 6.91. The van der Waals surface area contributed by atoms with Crippen LogP contribution in [0, 0.1) is 9.65 Å². The molecule has 0 aliphatic carbocycles. The number of pyridine rings is 1. The molecule has 1 heterocycles. The largest absolute Gasteiger partial charge is 0.481 e. The smallest absolute Gasteiger partial charge is 0.308 e. The molecule has 1 aromatic rings. The van der Waals surface area contributed by atoms with Crippen molar-refractivity contribution in [2.45, 2.75) is 12.8 Å². The quantitative estimate of drug-likeness (QED) is 0.684. The number of alkyl halides is 2. The fourth-order valence-corrected chi connectivity index (χ4v) is 1.60. The number of hydrogen-bond acceptors (Lipinski definition) is 2. The summed E-state index contributed by atoms with van der Waals surface area (Å²) in [4.78, 5) is 13.6. The molecule has 0 aromatic carbocycles. The van der Waals surface area contributed by atoms with Crippen LogP contribution in [0.15, 0.2) is 6.07 Å². The molecule has 0 aliphatic heterocycles. The van der Waals surface area contributed by atoms with Crippen LogP contribution in [0.1, 0.15) is 17.6 Å². The Kier molecular flexibility index (Phi) is 3.89. The third-order valence-electron chi connectivity index (χ3n) is 1.64. The third-order valence-corrected chi connectivity index (χ3v) is 2.19. The highest BCUT2D eigenvalue weighted by Crippen LogP contribution is 2.26. The van der Waals surface area contributed by atoms with Crippen molar-refractivity contribution in [3.8, 4) is 0 Å². The van der Waals surface area contributed by atoms with Gasteiger partial charge in [0, 0.05) is 11.1 Å². The molecule has 3 nitrogen and oxygen atoms in total. The van der Waals surface area contributed by atoms with E-state index in [0.717, 1.165) is 6.07 Å². The highest BCUT2D eigenvalue weighted by atomic mass is 127. The van der Waals surface area contributed by atoms with Gasteiger partial charge in [-0.3, -0.25) is 4.79 Å². The van der Waals surface area contributed by atoms with Crippen LogP contribution in [-0.2, 0) is 11.2 Å². The summed E-state index contributed by atoms with van der Waals surface area (Å²) in [6.45, 7) is 0. The summed E-state index contributed by atoms with van der Waals surface area (Å²) in [7, 11) is 0. The summed E-state index contributed by atoms with van der Waals surface area (Å²) in [5.74, 6) is -2.53. The molecule has 0 bridgehead atoms. The summed E-state index contributed by atoms with van der Waals surface area (Å²) in [6, 6.07) is 0.979. The van der Waals surface area contributed by atoms with Gasteiger partial charge >= 0.3 is 5.97 Å². The molecule has 0 saturated carbocycles. The number of halogens is 4. The van der Waals surface area contributed by atoms with Crippen molar-refractivity contribution in [1.82, 2.24) is 4.98 Å². The minimum atomic E-state index is -2.91. The molecule has 7 heteroatoms. The van der Waals surface area contributed by atoms with E-state index in [0.29, 0.717) is 0 Å². The molecule has 0 saturated heterocycles. The summed E-state index contributed by atoms with van der Waals surface area (Å²) in [5, 5.41) is 8.43. The predicted molar refractivity (Wildman–Crippen MR) is 53.2 cm³/mol. The van der Waals surface area contributed by atoms with E-state index in [2.05, 4.69) is 4.98 Å². The number of nitrogens with zero attached hydrogens (tertiary/aromatic N) is 1. The average Bonchev–Trinajstić information content (AvgIpc) is 2.08. The SMILES string of the molecule is O=C(O)Cc1c(C(F)F)cc(I)nc1F. The van der Waals surface area contributed by atoms with E-state index >= 15 is 0 Å². The topological polar surface area (TPSA) is 50.2 Å². The first-order valence-corrected chi connectivity index (χ1v) is 4.84. The van der Waals surface area contributed by atoms with Crippen LogP contribution >= 0.6 is 22.6 Å². The Morgan fingerprint density at radius 2 is 2.20 bits per heavy atom. The second-order valence-electron chi connectivity index (χ2n) is 2.67. The molecule has 0 unspecified atom stereocenters. The lowest BCUT2D eigenvalue weighted by Crippen LogP contribution is -2.09. The highest BCUT2D eigenvalue weighted by Gasteiger charge is 2.20. The lowest BCUT2D eigenvalue weighted by atomic mass is 10.1. The Labute approximate surface area is 96.5 Å². The Morgan fingerprint density at radius 3 is 2.67 bits per heavy atom. The molecule has 0 radical (unpaired) electrons. The van der Waals surface area contributed by atoms with Gasteiger partial charge < -0.3 is 5.11 Å². The van der Waals surface area contributed by atoms with Gasteiger partial charge in [0.1, 0.15) is 3.70 Å². The Balaban J connectivity index is 3.26. The number of carbonyl (C=O) groups is 1. The maximum Gasteiger partial charge on any atom is 0.308 e. The maximum atomic E-state index is 13.1. The zero-order valence-corrected chi connectivity index (χ0v) is 9.33. The lowest BCUT2D eigenvalue weighted by molar-refractivity contribution is -0.136. The predicted octanol–water partition coefficient (Wildman–Crippen LogP) is 2.39. The molecule has 0 fully saturated rings. The molecular formula is C8H5F3INO2. The Morgan fingerprint density at radius 1 is 1.60 bits per heavy atom. The molecule has 1 N–H and O–H groups in total. The molecular weight excluding hydrogens is 326 g/mol. The van der Waals surface area contributed by atoms with E-state index in [-0.39, 0.29) is 3.70 Å². The van der Waals surface area contributed by atoms with Crippen molar-refractivity contribution in [1.29, 1.82) is 0 Å². The fraction of sp³-hybridized carbons (Fsp3) is 0.250. The van der Waals surface area contributed by atoms with Gasteiger partial charge in [-0.2, -0.15) is 4.39 Å². The van der Waals surface area contributed by atoms with Crippen molar-refractivity contribution >= 4 is 28.6 Å². The number of carboxylic acids is 1. The zero-order chi connectivity index (χ0) is 11.6. The van der Waals surface area contributed by atoms with E-state index in [1.54, 1.807) is 22.6 Å². The lowest BCUT2D eigenvalue weighted by Gasteiger charge is -2.07. The number of hydrogen-bond donors (Lipinski definition) is 1. The summed E-state index contributed by atoms with van der Waals surface area (Å²) in [6.07, 6.45) is -3.71. The van der Waals surface area contributed by atoms with Gasteiger partial charge in [-0.1, -0.05) is 0 Å². The van der Waals surface area contributed by atoms with Crippen LogP contribution < -0.4 is 0 Å². The fourth-order valence-electron chi connectivity index (χ4n) is 1.05. The number of aliphatic carboxylic acids is 1. The Bertz CT molecular complexity index is 398. The second-order valence-corrected chi connectivity index (χ2v) is 3.78. The molecule has 1 aromatic heterocycles. The van der Waals surface area contributed by atoms with Gasteiger partial charge in [0.2, 0.25) is 5.95 Å². The molecule has 0 aliphatic rings. The molecule has 15 heavy (non-hydrogen) atoms. The van der Waals surface area contributed by atoms with Crippen LogP contribution in [0.5, 0.6) is 0 Å². The van der Waals surface area contributed by atoms with E-state index in [1.807, 2.05) is 0 Å². The standard InChI is InChI=1S/C8H5F3INO2/c9-7(10)3-1-5(12)13-8(11)4(3)2-6(14)15/h1,7H,2H2,(H,14,15). The van der Waals surface area contributed by atoms with Crippen LogP contribution in [-0.4, -0.2) is 16.1 Å². The molecule has 0 spiro atoms. The normalized spacial score (nSPS) is 10.7. The Hall–Kier alpha value is -0.860. The highest BCUT2D eigenvalue weighted by molar-refractivity contribution is 14.1. The van der Waals surface area contributed by atoms with Gasteiger partial charge in [-0.15, -0.1) is 0 Å². The van der Waals surface area contributed by atoms with Crippen LogP contribution in [0.4, 0.5) is 13.2 Å².